The summed E-state index contributed by atoms with van der Waals surface area (Å²) < 4.78 is 37.2. The van der Waals surface area contributed by atoms with Crippen LogP contribution in [0.1, 0.15) is 18.1 Å². The Bertz CT molecular complexity index is 1040. The highest BCUT2D eigenvalue weighted by molar-refractivity contribution is 5.90. The number of rotatable bonds is 10. The fourth-order valence-corrected chi connectivity index (χ4v) is 2.97. The van der Waals surface area contributed by atoms with Crippen molar-refractivity contribution < 1.29 is 27.8 Å². The second-order valence-electron chi connectivity index (χ2n) is 7.24. The van der Waals surface area contributed by atoms with Crippen molar-refractivity contribution in [1.82, 2.24) is 5.32 Å². The second-order valence-corrected chi connectivity index (χ2v) is 7.24. The van der Waals surface area contributed by atoms with Gasteiger partial charge in [0.1, 0.15) is 29.2 Å². The van der Waals surface area contributed by atoms with Crippen molar-refractivity contribution in [2.45, 2.75) is 26.0 Å². The molecule has 0 bridgehead atoms. The lowest BCUT2D eigenvalue weighted by atomic mass is 10.0. The van der Waals surface area contributed by atoms with Gasteiger partial charge in [-0.05, 0) is 59.7 Å². The Kier molecular flexibility index (Phi) is 8.05. The predicted octanol–water partition coefficient (Wildman–Crippen LogP) is 4.59. The van der Waals surface area contributed by atoms with E-state index in [4.69, 9.17) is 9.47 Å². The number of hydrogen-bond acceptors (Lipinski definition) is 4. The van der Waals surface area contributed by atoms with Crippen LogP contribution in [0.3, 0.4) is 0 Å². The number of ether oxygens (including phenoxy) is 2. The molecule has 0 saturated heterocycles. The van der Waals surface area contributed by atoms with E-state index < -0.39 is 6.04 Å². The summed E-state index contributed by atoms with van der Waals surface area (Å²) in [6, 6.07) is 17.6. The lowest BCUT2D eigenvalue weighted by Gasteiger charge is -2.17. The van der Waals surface area contributed by atoms with Gasteiger partial charge in [-0.2, -0.15) is 0 Å². The minimum Gasteiger partial charge on any atom is -0.457 e. The molecule has 0 radical (unpaired) electrons. The maximum absolute atomic E-state index is 13.0. The molecular weight excluding hydrogens is 416 g/mol. The largest absolute Gasteiger partial charge is 0.457 e. The molecule has 0 heterocycles. The van der Waals surface area contributed by atoms with Crippen LogP contribution in [-0.4, -0.2) is 24.3 Å². The van der Waals surface area contributed by atoms with Crippen LogP contribution in [0.5, 0.6) is 11.5 Å². The lowest BCUT2D eigenvalue weighted by molar-refractivity contribution is -0.128. The maximum atomic E-state index is 13.0. The third-order valence-electron chi connectivity index (χ3n) is 4.58. The van der Waals surface area contributed by atoms with Gasteiger partial charge in [0.25, 0.3) is 0 Å². The number of hydrogen-bond donors (Lipinski definition) is 1. The quantitative estimate of drug-likeness (QED) is 0.502. The Morgan fingerprint density at radius 1 is 0.812 bits per heavy atom. The van der Waals surface area contributed by atoms with Crippen LogP contribution in [0.15, 0.2) is 72.8 Å². The SMILES string of the molecule is CC(=O)N[C@@H](COCc1ccc(F)cc1)C(=O)Cc1ccc(Oc2ccc(F)cc2)cc1. The molecule has 3 rings (SSSR count). The first-order valence-electron chi connectivity index (χ1n) is 10.0. The Balaban J connectivity index is 1.55. The zero-order chi connectivity index (χ0) is 22.9. The monoisotopic (exact) mass is 439 g/mol. The topological polar surface area (TPSA) is 64.6 Å². The normalized spacial score (nSPS) is 11.6. The van der Waals surface area contributed by atoms with Gasteiger partial charge in [0.05, 0.1) is 13.2 Å². The number of carbonyl (C=O) groups excluding carboxylic acids is 2. The van der Waals surface area contributed by atoms with Crippen molar-refractivity contribution in [2.75, 3.05) is 6.61 Å². The fourth-order valence-electron chi connectivity index (χ4n) is 2.97. The molecule has 0 aromatic heterocycles. The van der Waals surface area contributed by atoms with Gasteiger partial charge < -0.3 is 14.8 Å². The average molecular weight is 439 g/mol. The molecule has 0 spiro atoms. The van der Waals surface area contributed by atoms with Gasteiger partial charge in [0, 0.05) is 13.3 Å². The van der Waals surface area contributed by atoms with Crippen LogP contribution in [0.25, 0.3) is 0 Å². The molecule has 5 nitrogen and oxygen atoms in total. The second kappa shape index (κ2) is 11.2. The molecular formula is C25H23F2NO4. The molecule has 3 aromatic carbocycles. The van der Waals surface area contributed by atoms with Crippen LogP contribution < -0.4 is 10.1 Å². The summed E-state index contributed by atoms with van der Waals surface area (Å²) in [5.41, 5.74) is 1.51. The maximum Gasteiger partial charge on any atom is 0.217 e. The van der Waals surface area contributed by atoms with Gasteiger partial charge in [-0.25, -0.2) is 8.78 Å². The van der Waals surface area contributed by atoms with Gasteiger partial charge in [-0.1, -0.05) is 24.3 Å². The van der Waals surface area contributed by atoms with E-state index in [2.05, 4.69) is 5.32 Å². The van der Waals surface area contributed by atoms with E-state index in [1.807, 2.05) is 0 Å². The smallest absolute Gasteiger partial charge is 0.217 e. The first-order valence-corrected chi connectivity index (χ1v) is 10.0. The molecule has 1 N–H and O–H groups in total. The van der Waals surface area contributed by atoms with E-state index in [-0.39, 0.29) is 43.0 Å². The van der Waals surface area contributed by atoms with E-state index in [9.17, 15) is 18.4 Å². The zero-order valence-corrected chi connectivity index (χ0v) is 17.5. The molecule has 7 heteroatoms. The number of nitrogens with one attached hydrogen (secondary N) is 1. The highest BCUT2D eigenvalue weighted by Gasteiger charge is 2.20. The van der Waals surface area contributed by atoms with Crippen LogP contribution in [-0.2, 0) is 27.4 Å². The minimum absolute atomic E-state index is 0.00154. The molecule has 0 aliphatic rings. The first kappa shape index (κ1) is 23.1. The summed E-state index contributed by atoms with van der Waals surface area (Å²) in [5.74, 6) is -0.174. The third-order valence-corrected chi connectivity index (χ3v) is 4.58. The van der Waals surface area contributed by atoms with Gasteiger partial charge in [-0.15, -0.1) is 0 Å². The van der Waals surface area contributed by atoms with Crippen molar-refractivity contribution in [3.63, 3.8) is 0 Å². The molecule has 1 atom stereocenters. The summed E-state index contributed by atoms with van der Waals surface area (Å²) in [5, 5.41) is 2.62. The fraction of sp³-hybridized carbons (Fsp3) is 0.200. The molecule has 0 unspecified atom stereocenters. The number of amides is 1. The molecule has 0 aliphatic heterocycles. The molecule has 3 aromatic rings. The summed E-state index contributed by atoms with van der Waals surface area (Å²) in [6.07, 6.45) is 0.0989. The van der Waals surface area contributed by atoms with Gasteiger partial charge in [0.2, 0.25) is 5.91 Å². The Labute approximate surface area is 185 Å². The van der Waals surface area contributed by atoms with Crippen LogP contribution >= 0.6 is 0 Å². The Morgan fingerprint density at radius 3 is 1.88 bits per heavy atom. The average Bonchev–Trinajstić information content (AvgIpc) is 2.77. The van der Waals surface area contributed by atoms with Crippen LogP contribution in [0, 0.1) is 11.6 Å². The summed E-state index contributed by atoms with van der Waals surface area (Å²) in [7, 11) is 0. The summed E-state index contributed by atoms with van der Waals surface area (Å²) in [4.78, 5) is 24.3. The van der Waals surface area contributed by atoms with E-state index in [0.717, 1.165) is 11.1 Å². The third kappa shape index (κ3) is 7.28. The van der Waals surface area contributed by atoms with Gasteiger partial charge in [-0.3, -0.25) is 9.59 Å². The van der Waals surface area contributed by atoms with Crippen molar-refractivity contribution in [1.29, 1.82) is 0 Å². The van der Waals surface area contributed by atoms with E-state index >= 15 is 0 Å². The van der Waals surface area contributed by atoms with Crippen molar-refractivity contribution >= 4 is 11.7 Å². The molecule has 0 fully saturated rings. The first-order chi connectivity index (χ1) is 15.4. The standard InChI is InChI=1S/C25H23F2NO4/c1-17(29)28-24(16-31-15-19-2-6-20(26)7-3-19)25(30)14-18-4-10-22(11-5-18)32-23-12-8-21(27)9-13-23/h2-13,24H,14-16H2,1H3,(H,28,29)/t24-/m0/s1. The molecule has 32 heavy (non-hydrogen) atoms. The van der Waals surface area contributed by atoms with Crippen LogP contribution in [0.2, 0.25) is 0 Å². The number of carbonyl (C=O) groups is 2. The summed E-state index contributed by atoms with van der Waals surface area (Å²) >= 11 is 0. The Hall–Kier alpha value is -3.58. The number of halogens is 2. The lowest BCUT2D eigenvalue weighted by Crippen LogP contribution is -2.43. The van der Waals surface area contributed by atoms with Gasteiger partial charge >= 0.3 is 0 Å². The highest BCUT2D eigenvalue weighted by atomic mass is 19.1. The van der Waals surface area contributed by atoms with Crippen molar-refractivity contribution in [2.24, 2.45) is 0 Å². The molecule has 166 valence electrons. The van der Waals surface area contributed by atoms with E-state index in [0.29, 0.717) is 11.5 Å². The number of benzene rings is 3. The van der Waals surface area contributed by atoms with Crippen molar-refractivity contribution in [3.05, 3.63) is 95.6 Å². The predicted molar refractivity (Wildman–Crippen MR) is 115 cm³/mol. The zero-order valence-electron chi connectivity index (χ0n) is 17.5. The molecule has 0 saturated carbocycles. The van der Waals surface area contributed by atoms with Crippen molar-refractivity contribution in [3.8, 4) is 11.5 Å². The van der Waals surface area contributed by atoms with E-state index in [1.54, 1.807) is 36.4 Å². The minimum atomic E-state index is -0.803. The van der Waals surface area contributed by atoms with E-state index in [1.165, 1.54) is 43.3 Å². The number of Topliss-reactive ketones (excluding diaryl/α,β-unsaturated/α-hetero) is 1. The number of ketones is 1. The Morgan fingerprint density at radius 2 is 1.31 bits per heavy atom. The highest BCUT2D eigenvalue weighted by Crippen LogP contribution is 2.22. The van der Waals surface area contributed by atoms with Gasteiger partial charge in [0.15, 0.2) is 5.78 Å². The molecule has 1 amide bonds. The molecule has 0 aliphatic carbocycles. The van der Waals surface area contributed by atoms with Crippen LogP contribution in [0.4, 0.5) is 8.78 Å². The summed E-state index contributed by atoms with van der Waals surface area (Å²) in [6.45, 7) is 1.53.